The first-order valence-corrected chi connectivity index (χ1v) is 10.1. The van der Waals surface area contributed by atoms with Crippen LogP contribution in [0.3, 0.4) is 0 Å². The van der Waals surface area contributed by atoms with Crippen LogP contribution in [0.15, 0.2) is 41.0 Å². The molecule has 7 nitrogen and oxygen atoms in total. The molecule has 4 rings (SSSR count). The number of aryl methyl sites for hydroxylation is 1. The van der Waals surface area contributed by atoms with Gasteiger partial charge in [0.25, 0.3) is 5.91 Å². The molecule has 1 saturated heterocycles. The first-order valence-electron chi connectivity index (χ1n) is 10.1. The fourth-order valence-electron chi connectivity index (χ4n) is 4.30. The predicted molar refractivity (Wildman–Crippen MR) is 109 cm³/mol. The van der Waals surface area contributed by atoms with Gasteiger partial charge in [-0.2, -0.15) is 0 Å². The van der Waals surface area contributed by atoms with Gasteiger partial charge in [-0.15, -0.1) is 0 Å². The number of hydrogen-bond acceptors (Lipinski definition) is 4. The predicted octanol–water partition coefficient (Wildman–Crippen LogP) is 3.07. The summed E-state index contributed by atoms with van der Waals surface area (Å²) in [5, 5.41) is 2.86. The number of fused-ring (bicyclic) bond motifs is 1. The van der Waals surface area contributed by atoms with Gasteiger partial charge in [0.05, 0.1) is 23.6 Å². The normalized spacial score (nSPS) is 18.9. The maximum Gasteiger partial charge on any atom is 0.289 e. The van der Waals surface area contributed by atoms with E-state index in [9.17, 15) is 14.4 Å². The molecule has 1 aromatic carbocycles. The van der Waals surface area contributed by atoms with E-state index < -0.39 is 0 Å². The van der Waals surface area contributed by atoms with Crippen molar-refractivity contribution in [1.29, 1.82) is 0 Å². The van der Waals surface area contributed by atoms with E-state index in [0.717, 1.165) is 36.9 Å². The van der Waals surface area contributed by atoms with E-state index in [4.69, 9.17) is 4.42 Å². The third-order valence-corrected chi connectivity index (χ3v) is 5.58. The molecule has 1 atom stereocenters. The fraction of sp³-hybridized carbons (Fsp3) is 0.409. The summed E-state index contributed by atoms with van der Waals surface area (Å²) in [4.78, 5) is 41.2. The molecule has 3 amide bonds. The standard InChI is InChI=1S/C22H25N3O4/c1-15(26)23-18-9-2-6-16-7-4-12-25(20(16)18)21(27)17-8-3-11-24(14-17)22(28)19-10-5-13-29-19/h2,5-6,9-10,13,17H,3-4,7-8,11-12,14H2,1H3,(H,23,26)/t17-/m0/s1. The Bertz CT molecular complexity index is 922. The number of furan rings is 1. The molecule has 0 spiro atoms. The third-order valence-electron chi connectivity index (χ3n) is 5.58. The number of rotatable bonds is 3. The van der Waals surface area contributed by atoms with Crippen molar-refractivity contribution in [3.05, 3.63) is 47.9 Å². The smallest absolute Gasteiger partial charge is 0.289 e. The number of nitrogens with one attached hydrogen (secondary N) is 1. The minimum Gasteiger partial charge on any atom is -0.459 e. The number of carbonyl (C=O) groups is 3. The molecule has 0 radical (unpaired) electrons. The Labute approximate surface area is 169 Å². The van der Waals surface area contributed by atoms with Gasteiger partial charge >= 0.3 is 0 Å². The summed E-state index contributed by atoms with van der Waals surface area (Å²) in [5.74, 6) is -0.288. The summed E-state index contributed by atoms with van der Waals surface area (Å²) in [7, 11) is 0. The zero-order valence-electron chi connectivity index (χ0n) is 16.5. The van der Waals surface area contributed by atoms with Crippen LogP contribution >= 0.6 is 0 Å². The van der Waals surface area contributed by atoms with Crippen LogP contribution in [0.4, 0.5) is 11.4 Å². The van der Waals surface area contributed by atoms with E-state index in [1.807, 2.05) is 18.2 Å². The van der Waals surface area contributed by atoms with Crippen LogP contribution in [0.2, 0.25) is 0 Å². The van der Waals surface area contributed by atoms with Gasteiger partial charge in [-0.05, 0) is 49.4 Å². The van der Waals surface area contributed by atoms with Crippen LogP contribution in [0.25, 0.3) is 0 Å². The first kappa shape index (κ1) is 19.2. The topological polar surface area (TPSA) is 82.9 Å². The Morgan fingerprint density at radius 1 is 1.10 bits per heavy atom. The molecule has 1 fully saturated rings. The van der Waals surface area contributed by atoms with Crippen molar-refractivity contribution in [2.24, 2.45) is 5.92 Å². The molecule has 3 heterocycles. The lowest BCUT2D eigenvalue weighted by atomic mass is 9.93. The fourth-order valence-corrected chi connectivity index (χ4v) is 4.30. The second kappa shape index (κ2) is 8.11. The Morgan fingerprint density at radius 3 is 2.72 bits per heavy atom. The Balaban J connectivity index is 1.56. The Morgan fingerprint density at radius 2 is 1.97 bits per heavy atom. The van der Waals surface area contributed by atoms with Crippen molar-refractivity contribution in [2.45, 2.75) is 32.6 Å². The molecule has 1 N–H and O–H groups in total. The molecule has 0 bridgehead atoms. The largest absolute Gasteiger partial charge is 0.459 e. The third kappa shape index (κ3) is 3.90. The van der Waals surface area contributed by atoms with Crippen LogP contribution in [-0.4, -0.2) is 42.3 Å². The molecule has 0 unspecified atom stereocenters. The number of piperidine rings is 1. The molecule has 2 aliphatic rings. The van der Waals surface area contributed by atoms with Crippen molar-refractivity contribution in [1.82, 2.24) is 4.90 Å². The van der Waals surface area contributed by atoms with E-state index in [1.54, 1.807) is 21.9 Å². The van der Waals surface area contributed by atoms with Crippen molar-refractivity contribution >= 4 is 29.1 Å². The van der Waals surface area contributed by atoms with Crippen LogP contribution in [0.1, 0.15) is 42.3 Å². The van der Waals surface area contributed by atoms with Gasteiger partial charge in [0.1, 0.15) is 0 Å². The van der Waals surface area contributed by atoms with E-state index in [2.05, 4.69) is 5.32 Å². The second-order valence-corrected chi connectivity index (χ2v) is 7.66. The van der Waals surface area contributed by atoms with Crippen LogP contribution in [0.5, 0.6) is 0 Å². The van der Waals surface area contributed by atoms with Crippen molar-refractivity contribution in [3.63, 3.8) is 0 Å². The number of benzene rings is 1. The molecule has 2 aromatic rings. The molecule has 7 heteroatoms. The average Bonchev–Trinajstić information content (AvgIpc) is 3.27. The van der Waals surface area contributed by atoms with E-state index in [-0.39, 0.29) is 23.6 Å². The van der Waals surface area contributed by atoms with Crippen molar-refractivity contribution < 1.29 is 18.8 Å². The van der Waals surface area contributed by atoms with Gasteiger partial charge in [-0.25, -0.2) is 0 Å². The zero-order valence-corrected chi connectivity index (χ0v) is 16.5. The lowest BCUT2D eigenvalue weighted by Crippen LogP contribution is -2.48. The molecule has 0 saturated carbocycles. The molecule has 152 valence electrons. The molecule has 29 heavy (non-hydrogen) atoms. The van der Waals surface area contributed by atoms with Gasteiger partial charge in [-0.3, -0.25) is 14.4 Å². The summed E-state index contributed by atoms with van der Waals surface area (Å²) in [6.45, 7) is 3.09. The van der Waals surface area contributed by atoms with Crippen molar-refractivity contribution in [2.75, 3.05) is 29.9 Å². The highest BCUT2D eigenvalue weighted by Crippen LogP contribution is 2.36. The van der Waals surface area contributed by atoms with E-state index in [0.29, 0.717) is 31.1 Å². The summed E-state index contributed by atoms with van der Waals surface area (Å²) in [6, 6.07) is 9.08. The minimum atomic E-state index is -0.265. The lowest BCUT2D eigenvalue weighted by molar-refractivity contribution is -0.123. The highest BCUT2D eigenvalue weighted by atomic mass is 16.3. The number of nitrogens with zero attached hydrogens (tertiary/aromatic N) is 2. The van der Waals surface area contributed by atoms with Gasteiger partial charge in [0, 0.05) is 26.6 Å². The van der Waals surface area contributed by atoms with E-state index >= 15 is 0 Å². The number of amides is 3. The number of carbonyl (C=O) groups excluding carboxylic acids is 3. The van der Waals surface area contributed by atoms with E-state index in [1.165, 1.54) is 13.2 Å². The monoisotopic (exact) mass is 395 g/mol. The average molecular weight is 395 g/mol. The summed E-state index contributed by atoms with van der Waals surface area (Å²) in [6.07, 6.45) is 4.75. The highest BCUT2D eigenvalue weighted by Gasteiger charge is 2.35. The lowest BCUT2D eigenvalue weighted by Gasteiger charge is -2.37. The minimum absolute atomic E-state index is 0.0145. The summed E-state index contributed by atoms with van der Waals surface area (Å²) < 4.78 is 5.23. The molecular formula is C22H25N3O4. The highest BCUT2D eigenvalue weighted by molar-refractivity contribution is 6.03. The zero-order chi connectivity index (χ0) is 20.4. The molecule has 0 aliphatic carbocycles. The Hall–Kier alpha value is -3.09. The van der Waals surface area contributed by atoms with Crippen LogP contribution in [0, 0.1) is 5.92 Å². The number of likely N-dealkylation sites (tertiary alicyclic amines) is 1. The van der Waals surface area contributed by atoms with Gasteiger partial charge < -0.3 is 19.5 Å². The number of hydrogen-bond donors (Lipinski definition) is 1. The van der Waals surface area contributed by atoms with Gasteiger partial charge in [0.2, 0.25) is 11.8 Å². The maximum atomic E-state index is 13.5. The first-order chi connectivity index (χ1) is 14.0. The number of anilines is 2. The van der Waals surface area contributed by atoms with Gasteiger partial charge in [-0.1, -0.05) is 12.1 Å². The summed E-state index contributed by atoms with van der Waals surface area (Å²) in [5.41, 5.74) is 2.53. The number of para-hydroxylation sites is 1. The Kier molecular flexibility index (Phi) is 5.38. The second-order valence-electron chi connectivity index (χ2n) is 7.66. The van der Waals surface area contributed by atoms with Gasteiger partial charge in [0.15, 0.2) is 5.76 Å². The van der Waals surface area contributed by atoms with Crippen LogP contribution in [-0.2, 0) is 16.0 Å². The van der Waals surface area contributed by atoms with Crippen LogP contribution < -0.4 is 10.2 Å². The maximum absolute atomic E-state index is 13.5. The molecular weight excluding hydrogens is 370 g/mol. The molecule has 2 aliphatic heterocycles. The molecule has 1 aromatic heterocycles. The van der Waals surface area contributed by atoms with Crippen molar-refractivity contribution in [3.8, 4) is 0 Å². The quantitative estimate of drug-likeness (QED) is 0.866. The SMILES string of the molecule is CC(=O)Nc1cccc2c1N(C(=O)[C@H]1CCCN(C(=O)c3ccco3)C1)CCC2. The summed E-state index contributed by atoms with van der Waals surface area (Å²) >= 11 is 0.